The predicted octanol–water partition coefficient (Wildman–Crippen LogP) is 1.82. The average Bonchev–Trinajstić information content (AvgIpc) is 2.53. The second kappa shape index (κ2) is 7.54. The molecule has 2 rings (SSSR count). The van der Waals surface area contributed by atoms with Gasteiger partial charge in [-0.15, -0.1) is 6.58 Å². The molecule has 120 valence electrons. The second-order valence-corrected chi connectivity index (χ2v) is 7.94. The molecule has 1 aromatic carbocycles. The Morgan fingerprint density at radius 2 is 1.95 bits per heavy atom. The normalized spacial score (nSPS) is 16.3. The van der Waals surface area contributed by atoms with Gasteiger partial charge in [0.2, 0.25) is 10.0 Å². The molecule has 0 aromatic heterocycles. The van der Waals surface area contributed by atoms with Crippen molar-refractivity contribution in [3.63, 3.8) is 0 Å². The first-order valence-electron chi connectivity index (χ1n) is 6.85. The number of piperazine rings is 1. The Hall–Kier alpha value is -0.960. The molecule has 1 fully saturated rings. The Labute approximate surface area is 145 Å². The Morgan fingerprint density at radius 1 is 1.32 bits per heavy atom. The lowest BCUT2D eigenvalue weighted by Gasteiger charge is -2.35. The maximum atomic E-state index is 12.7. The largest absolute Gasteiger partial charge is 0.359 e. The summed E-state index contributed by atoms with van der Waals surface area (Å²) in [6.45, 7) is 6.22. The van der Waals surface area contributed by atoms with E-state index in [2.05, 4.69) is 27.8 Å². The van der Waals surface area contributed by atoms with Crippen LogP contribution in [0.15, 0.2) is 46.3 Å². The number of sulfonamides is 1. The fraction of sp³-hybridized carbons (Fsp3) is 0.357. The van der Waals surface area contributed by atoms with Crippen LogP contribution in [0.2, 0.25) is 0 Å². The number of benzene rings is 1. The molecule has 0 amide bonds. The molecule has 1 aliphatic rings. The van der Waals surface area contributed by atoms with Crippen molar-refractivity contribution in [2.45, 2.75) is 4.90 Å². The third kappa shape index (κ3) is 3.87. The van der Waals surface area contributed by atoms with Crippen LogP contribution in [0.4, 0.5) is 0 Å². The third-order valence-electron chi connectivity index (χ3n) is 3.38. The first kappa shape index (κ1) is 17.4. The molecule has 5 nitrogen and oxygen atoms in total. The van der Waals surface area contributed by atoms with Gasteiger partial charge in [-0.2, -0.15) is 4.31 Å². The molecule has 22 heavy (non-hydrogen) atoms. The number of hydrogen-bond donors (Lipinski definition) is 1. The molecule has 0 atom stereocenters. The summed E-state index contributed by atoms with van der Waals surface area (Å²) in [6.07, 6.45) is 1.74. The molecule has 1 saturated heterocycles. The van der Waals surface area contributed by atoms with Crippen LogP contribution in [0.3, 0.4) is 0 Å². The van der Waals surface area contributed by atoms with Gasteiger partial charge in [-0.3, -0.25) is 0 Å². The van der Waals surface area contributed by atoms with E-state index in [1.807, 2.05) is 4.90 Å². The highest BCUT2D eigenvalue weighted by molar-refractivity contribution is 9.10. The van der Waals surface area contributed by atoms with Crippen molar-refractivity contribution in [3.8, 4) is 0 Å². The molecule has 0 spiro atoms. The van der Waals surface area contributed by atoms with E-state index in [0.29, 0.717) is 47.2 Å². The molecule has 0 bridgehead atoms. The molecular formula is C14H18BrN3O2S2. The van der Waals surface area contributed by atoms with Crippen LogP contribution in [0.25, 0.3) is 0 Å². The molecule has 0 saturated carbocycles. The smallest absolute Gasteiger partial charge is 0.244 e. The maximum Gasteiger partial charge on any atom is 0.244 e. The number of thiocarbonyl (C=S) groups is 1. The Kier molecular flexibility index (Phi) is 5.96. The van der Waals surface area contributed by atoms with Crippen LogP contribution in [-0.2, 0) is 10.0 Å². The Morgan fingerprint density at radius 3 is 2.55 bits per heavy atom. The summed E-state index contributed by atoms with van der Waals surface area (Å²) in [4.78, 5) is 2.28. The van der Waals surface area contributed by atoms with Gasteiger partial charge in [-0.25, -0.2) is 8.42 Å². The topological polar surface area (TPSA) is 52.6 Å². The van der Waals surface area contributed by atoms with E-state index in [1.54, 1.807) is 30.3 Å². The minimum absolute atomic E-state index is 0.302. The number of nitrogens with one attached hydrogen (secondary N) is 1. The quantitative estimate of drug-likeness (QED) is 0.613. The lowest BCUT2D eigenvalue weighted by atomic mass is 10.4. The molecule has 1 aromatic rings. The van der Waals surface area contributed by atoms with E-state index in [-0.39, 0.29) is 0 Å². The number of nitrogens with zero attached hydrogens (tertiary/aromatic N) is 2. The predicted molar refractivity (Wildman–Crippen MR) is 95.3 cm³/mol. The minimum Gasteiger partial charge on any atom is -0.359 e. The van der Waals surface area contributed by atoms with Gasteiger partial charge in [0.05, 0.1) is 4.90 Å². The molecule has 8 heteroatoms. The van der Waals surface area contributed by atoms with Gasteiger partial charge >= 0.3 is 0 Å². The standard InChI is InChI=1S/C14H18BrN3O2S2/c1-2-7-16-14(21)17-8-10-18(11-9-17)22(19,20)13-6-4-3-5-12(13)15/h2-6H,1,7-11H2,(H,16,21). The molecule has 1 aliphatic heterocycles. The van der Waals surface area contributed by atoms with Crippen LogP contribution >= 0.6 is 28.1 Å². The highest BCUT2D eigenvalue weighted by Crippen LogP contribution is 2.25. The highest BCUT2D eigenvalue weighted by Gasteiger charge is 2.30. The van der Waals surface area contributed by atoms with Crippen LogP contribution in [0.1, 0.15) is 0 Å². The lowest BCUT2D eigenvalue weighted by molar-refractivity contribution is 0.264. The van der Waals surface area contributed by atoms with E-state index < -0.39 is 10.0 Å². The van der Waals surface area contributed by atoms with Gasteiger partial charge < -0.3 is 10.2 Å². The maximum absolute atomic E-state index is 12.7. The van der Waals surface area contributed by atoms with Crippen molar-refractivity contribution in [2.75, 3.05) is 32.7 Å². The first-order chi connectivity index (χ1) is 10.5. The fourth-order valence-electron chi connectivity index (χ4n) is 2.20. The Balaban J connectivity index is 2.04. The average molecular weight is 404 g/mol. The molecular weight excluding hydrogens is 386 g/mol. The molecule has 0 aliphatic carbocycles. The lowest BCUT2D eigenvalue weighted by Crippen LogP contribution is -2.53. The van der Waals surface area contributed by atoms with E-state index in [0.717, 1.165) is 0 Å². The highest BCUT2D eigenvalue weighted by atomic mass is 79.9. The van der Waals surface area contributed by atoms with Crippen molar-refractivity contribution in [1.82, 2.24) is 14.5 Å². The van der Waals surface area contributed by atoms with E-state index in [9.17, 15) is 8.42 Å². The molecule has 1 heterocycles. The minimum atomic E-state index is -3.48. The SMILES string of the molecule is C=CCNC(=S)N1CCN(S(=O)(=O)c2ccccc2Br)CC1. The van der Waals surface area contributed by atoms with Gasteiger partial charge in [0, 0.05) is 37.2 Å². The molecule has 0 radical (unpaired) electrons. The number of halogens is 1. The van der Waals surface area contributed by atoms with Crippen molar-refractivity contribution in [2.24, 2.45) is 0 Å². The first-order valence-corrected chi connectivity index (χ1v) is 9.49. The van der Waals surface area contributed by atoms with Crippen LogP contribution in [0.5, 0.6) is 0 Å². The van der Waals surface area contributed by atoms with E-state index in [4.69, 9.17) is 12.2 Å². The van der Waals surface area contributed by atoms with Crippen LogP contribution < -0.4 is 5.32 Å². The third-order valence-corrected chi connectivity index (χ3v) is 6.69. The van der Waals surface area contributed by atoms with Crippen molar-refractivity contribution in [1.29, 1.82) is 0 Å². The zero-order valence-electron chi connectivity index (χ0n) is 12.0. The summed E-state index contributed by atoms with van der Waals surface area (Å²) in [7, 11) is -3.48. The summed E-state index contributed by atoms with van der Waals surface area (Å²) >= 11 is 8.58. The van der Waals surface area contributed by atoms with E-state index in [1.165, 1.54) is 4.31 Å². The fourth-order valence-corrected chi connectivity index (χ4v) is 4.85. The monoisotopic (exact) mass is 403 g/mol. The molecule has 0 unspecified atom stereocenters. The Bertz CT molecular complexity index is 656. The van der Waals surface area contributed by atoms with Gasteiger partial charge in [0.15, 0.2) is 5.11 Å². The van der Waals surface area contributed by atoms with Gasteiger partial charge in [-0.05, 0) is 40.3 Å². The number of rotatable bonds is 4. The van der Waals surface area contributed by atoms with Crippen molar-refractivity contribution in [3.05, 3.63) is 41.4 Å². The van der Waals surface area contributed by atoms with Gasteiger partial charge in [0.25, 0.3) is 0 Å². The van der Waals surface area contributed by atoms with Crippen LogP contribution in [-0.4, -0.2) is 55.5 Å². The summed E-state index contributed by atoms with van der Waals surface area (Å²) in [5.74, 6) is 0. The second-order valence-electron chi connectivity index (χ2n) is 4.80. The zero-order valence-corrected chi connectivity index (χ0v) is 15.3. The van der Waals surface area contributed by atoms with Crippen molar-refractivity contribution >= 4 is 43.3 Å². The summed E-state index contributed by atoms with van der Waals surface area (Å²) in [6, 6.07) is 6.87. The van der Waals surface area contributed by atoms with Crippen molar-refractivity contribution < 1.29 is 8.42 Å². The van der Waals surface area contributed by atoms with Crippen LogP contribution in [0, 0.1) is 0 Å². The number of hydrogen-bond acceptors (Lipinski definition) is 3. The summed E-state index contributed by atoms with van der Waals surface area (Å²) < 4.78 is 27.4. The summed E-state index contributed by atoms with van der Waals surface area (Å²) in [5.41, 5.74) is 0. The zero-order chi connectivity index (χ0) is 16.2. The van der Waals surface area contributed by atoms with Gasteiger partial charge in [0.1, 0.15) is 0 Å². The van der Waals surface area contributed by atoms with E-state index >= 15 is 0 Å². The summed E-state index contributed by atoms with van der Waals surface area (Å²) in [5, 5.41) is 3.70. The van der Waals surface area contributed by atoms with Gasteiger partial charge in [-0.1, -0.05) is 18.2 Å². The molecule has 1 N–H and O–H groups in total.